The minimum Gasteiger partial charge on any atom is -0.463 e. The third-order valence-electron chi connectivity index (χ3n) is 5.24. The lowest BCUT2D eigenvalue weighted by molar-refractivity contribution is -0.212. The molecule has 0 bridgehead atoms. The van der Waals surface area contributed by atoms with Crippen LogP contribution in [-0.4, -0.2) is 68.2 Å². The smallest absolute Gasteiger partial charge is 0.303 e. The Bertz CT molecular complexity index is 1260. The van der Waals surface area contributed by atoms with Crippen molar-refractivity contribution < 1.29 is 33.3 Å². The first-order valence-electron chi connectivity index (χ1n) is 11.1. The number of hydrogen-bond donors (Lipinski definition) is 0. The molecule has 0 aromatic carbocycles. The molecule has 14 heteroatoms. The molecule has 5 atom stereocenters. The molecule has 1 aliphatic heterocycles. The lowest BCUT2D eigenvalue weighted by Crippen LogP contribution is -2.57. The minimum atomic E-state index is -1.02. The van der Waals surface area contributed by atoms with Gasteiger partial charge in [0.2, 0.25) is 0 Å². The molecule has 3 aromatic heterocycles. The lowest BCUT2D eigenvalue weighted by atomic mass is 9.96. The van der Waals surface area contributed by atoms with Gasteiger partial charge in [0.1, 0.15) is 29.9 Å². The molecular weight excluding hydrogens is 588 g/mol. The van der Waals surface area contributed by atoms with E-state index in [1.807, 2.05) is 22.9 Å². The van der Waals surface area contributed by atoms with Crippen molar-refractivity contribution in [3.05, 3.63) is 46.0 Å². The van der Waals surface area contributed by atoms with E-state index in [4.69, 9.17) is 18.9 Å². The van der Waals surface area contributed by atoms with Gasteiger partial charge in [-0.1, -0.05) is 17.0 Å². The highest BCUT2D eigenvalue weighted by molar-refractivity contribution is 9.10. The number of aromatic nitrogens is 4. The number of carbonyl (C=O) groups is 3. The fourth-order valence-corrected chi connectivity index (χ4v) is 6.13. The number of carbonyl (C=O) groups excluding carboxylic acids is 3. The van der Waals surface area contributed by atoms with Gasteiger partial charge in [-0.3, -0.25) is 19.4 Å². The Hall–Kier alpha value is -2.81. The molecule has 4 heterocycles. The van der Waals surface area contributed by atoms with E-state index in [1.54, 1.807) is 18.6 Å². The normalized spacial score (nSPS) is 23.3. The second-order valence-corrected chi connectivity index (χ2v) is 10.9. The van der Waals surface area contributed by atoms with E-state index in [9.17, 15) is 14.4 Å². The van der Waals surface area contributed by atoms with Gasteiger partial charge < -0.3 is 18.9 Å². The molecule has 0 amide bonds. The second kappa shape index (κ2) is 12.2. The minimum absolute atomic E-state index is 0.198. The number of thiophene rings is 1. The zero-order valence-electron chi connectivity index (χ0n) is 20.0. The number of nitrogens with zero attached hydrogens (tertiary/aromatic N) is 4. The van der Waals surface area contributed by atoms with E-state index in [2.05, 4.69) is 31.2 Å². The van der Waals surface area contributed by atoms with E-state index < -0.39 is 47.7 Å². The summed E-state index contributed by atoms with van der Waals surface area (Å²) in [6, 6.07) is 2.89. The molecule has 0 N–H and O–H groups in total. The summed E-state index contributed by atoms with van der Waals surface area (Å²) < 4.78 is 25.2. The van der Waals surface area contributed by atoms with Crippen LogP contribution >= 0.6 is 39.0 Å². The number of thioether (sulfide) groups is 1. The van der Waals surface area contributed by atoms with Crippen molar-refractivity contribution in [3.8, 4) is 11.3 Å². The van der Waals surface area contributed by atoms with Gasteiger partial charge in [0.15, 0.2) is 12.2 Å². The van der Waals surface area contributed by atoms with Crippen LogP contribution in [0.5, 0.6) is 0 Å². The standard InChI is InChI=1S/C23H23BrN4O7S2/c1-12(29)32-10-19-21(33-13(2)30)20(28-9-18(26-27-28)15-4-5-36-11-15)22(34-14(3)31)23(35-19)37-17-6-16(24)7-25-8-17/h4-9,11,19-23H,10H2,1-3H3/t19?,20-,21-,22?,23+/m0/s1. The highest BCUT2D eigenvalue weighted by Gasteiger charge is 2.52. The Labute approximate surface area is 229 Å². The third-order valence-corrected chi connectivity index (χ3v) is 7.46. The fourth-order valence-electron chi connectivity index (χ4n) is 3.83. The molecule has 11 nitrogen and oxygen atoms in total. The summed E-state index contributed by atoms with van der Waals surface area (Å²) in [5.74, 6) is -1.67. The molecular formula is C23H23BrN4O7S2. The van der Waals surface area contributed by atoms with Gasteiger partial charge in [-0.25, -0.2) is 4.68 Å². The average Bonchev–Trinajstić information content (AvgIpc) is 3.51. The SMILES string of the molecule is CC(=O)OCC1O[C@H](Sc2cncc(Br)c2)C(OC(C)=O)[C@@H](n2cc(-c3ccsc3)nn2)[C@H]1OC(C)=O. The van der Waals surface area contributed by atoms with Gasteiger partial charge in [0, 0.05) is 53.5 Å². The van der Waals surface area contributed by atoms with Crippen LogP contribution in [0.3, 0.4) is 0 Å². The monoisotopic (exact) mass is 610 g/mol. The molecule has 196 valence electrons. The van der Waals surface area contributed by atoms with Gasteiger partial charge in [-0.2, -0.15) is 11.3 Å². The van der Waals surface area contributed by atoms with Crippen LogP contribution in [-0.2, 0) is 33.3 Å². The van der Waals surface area contributed by atoms with Crippen molar-refractivity contribution in [2.24, 2.45) is 0 Å². The van der Waals surface area contributed by atoms with Crippen LogP contribution in [0.25, 0.3) is 11.3 Å². The Kier molecular flexibility index (Phi) is 8.95. The van der Waals surface area contributed by atoms with Crippen LogP contribution in [0.15, 0.2) is 50.9 Å². The predicted octanol–water partition coefficient (Wildman–Crippen LogP) is 3.65. The maximum absolute atomic E-state index is 12.2. The van der Waals surface area contributed by atoms with Crippen LogP contribution in [0.1, 0.15) is 26.8 Å². The van der Waals surface area contributed by atoms with E-state index in [1.165, 1.54) is 48.6 Å². The van der Waals surface area contributed by atoms with Crippen LogP contribution < -0.4 is 0 Å². The summed E-state index contributed by atoms with van der Waals surface area (Å²) in [6.45, 7) is 3.61. The van der Waals surface area contributed by atoms with Gasteiger partial charge in [0.05, 0.1) is 6.20 Å². The maximum Gasteiger partial charge on any atom is 0.303 e. The summed E-state index contributed by atoms with van der Waals surface area (Å²) in [4.78, 5) is 40.9. The number of hydrogen-bond acceptors (Lipinski definition) is 12. The van der Waals surface area contributed by atoms with Crippen LogP contribution in [0.4, 0.5) is 0 Å². The molecule has 37 heavy (non-hydrogen) atoms. The van der Waals surface area contributed by atoms with Crippen LogP contribution in [0, 0.1) is 0 Å². The van der Waals surface area contributed by atoms with Gasteiger partial charge in [-0.15, -0.1) is 5.10 Å². The summed E-state index contributed by atoms with van der Waals surface area (Å²) in [5, 5.41) is 12.4. The first kappa shape index (κ1) is 27.2. The highest BCUT2D eigenvalue weighted by Crippen LogP contribution is 2.41. The lowest BCUT2D eigenvalue weighted by Gasteiger charge is -2.44. The molecule has 1 aliphatic rings. The second-order valence-electron chi connectivity index (χ2n) is 8.04. The zero-order valence-corrected chi connectivity index (χ0v) is 23.2. The molecule has 3 aromatic rings. The predicted molar refractivity (Wildman–Crippen MR) is 137 cm³/mol. The Morgan fingerprint density at radius 1 is 1.14 bits per heavy atom. The van der Waals surface area contributed by atoms with Crippen LogP contribution in [0.2, 0.25) is 0 Å². The zero-order chi connectivity index (χ0) is 26.5. The molecule has 0 saturated carbocycles. The molecule has 2 unspecified atom stereocenters. The topological polar surface area (TPSA) is 132 Å². The molecule has 1 fully saturated rings. The summed E-state index contributed by atoms with van der Waals surface area (Å²) in [7, 11) is 0. The van der Waals surface area contributed by atoms with Gasteiger partial charge in [0.25, 0.3) is 0 Å². The van der Waals surface area contributed by atoms with Crippen molar-refractivity contribution in [1.82, 2.24) is 20.0 Å². The third kappa shape index (κ3) is 6.94. The Morgan fingerprint density at radius 3 is 2.54 bits per heavy atom. The van der Waals surface area contributed by atoms with Crippen molar-refractivity contribution in [1.29, 1.82) is 0 Å². The highest BCUT2D eigenvalue weighted by atomic mass is 79.9. The van der Waals surface area contributed by atoms with E-state index in [-0.39, 0.29) is 6.61 Å². The number of ether oxygens (including phenoxy) is 4. The molecule has 1 saturated heterocycles. The maximum atomic E-state index is 12.2. The fraction of sp³-hybridized carbons (Fsp3) is 0.391. The Morgan fingerprint density at radius 2 is 1.89 bits per heavy atom. The first-order valence-corrected chi connectivity index (χ1v) is 13.7. The summed E-state index contributed by atoms with van der Waals surface area (Å²) >= 11 is 6.17. The molecule has 0 spiro atoms. The number of pyridine rings is 1. The summed E-state index contributed by atoms with van der Waals surface area (Å²) in [5.41, 5.74) is 0.651. The van der Waals surface area contributed by atoms with Crippen molar-refractivity contribution in [2.75, 3.05) is 6.61 Å². The van der Waals surface area contributed by atoms with E-state index in [0.717, 1.165) is 14.9 Å². The largest absolute Gasteiger partial charge is 0.463 e. The van der Waals surface area contributed by atoms with E-state index in [0.29, 0.717) is 5.69 Å². The molecule has 4 rings (SSSR count). The molecule has 0 aliphatic carbocycles. The van der Waals surface area contributed by atoms with Crippen molar-refractivity contribution >= 4 is 56.9 Å². The summed E-state index contributed by atoms with van der Waals surface area (Å²) in [6.07, 6.45) is 2.10. The average molecular weight is 611 g/mol. The van der Waals surface area contributed by atoms with Crippen molar-refractivity contribution in [2.45, 2.75) is 55.5 Å². The first-order chi connectivity index (χ1) is 17.7. The Balaban J connectivity index is 1.78. The number of esters is 3. The quantitative estimate of drug-likeness (QED) is 0.273. The van der Waals surface area contributed by atoms with E-state index >= 15 is 0 Å². The number of rotatable bonds is 8. The van der Waals surface area contributed by atoms with Gasteiger partial charge in [-0.05, 0) is 33.4 Å². The molecule has 0 radical (unpaired) electrons. The van der Waals surface area contributed by atoms with Gasteiger partial charge >= 0.3 is 17.9 Å². The van der Waals surface area contributed by atoms with Crippen molar-refractivity contribution in [3.63, 3.8) is 0 Å². The number of halogens is 1.